The van der Waals surface area contributed by atoms with E-state index in [1.807, 2.05) is 35.4 Å². The molecule has 1 amide bonds. The number of ether oxygens (including phenoxy) is 1. The lowest BCUT2D eigenvalue weighted by atomic mass is 10.0. The zero-order valence-electron chi connectivity index (χ0n) is 13.5. The number of amides is 1. The lowest BCUT2D eigenvalue weighted by Crippen LogP contribution is -2.49. The normalized spacial score (nSPS) is 18.9. The van der Waals surface area contributed by atoms with E-state index in [4.69, 9.17) is 4.74 Å². The molecule has 0 aliphatic carbocycles. The first-order valence-electron chi connectivity index (χ1n) is 7.78. The molecule has 3 rings (SSSR count). The molecule has 1 fully saturated rings. The maximum absolute atomic E-state index is 12.1. The van der Waals surface area contributed by atoms with Crippen molar-refractivity contribution in [2.24, 2.45) is 0 Å². The van der Waals surface area contributed by atoms with Crippen LogP contribution in [0.15, 0.2) is 36.8 Å². The smallest absolute Gasteiger partial charge is 0.220 e. The van der Waals surface area contributed by atoms with E-state index in [9.17, 15) is 4.79 Å². The number of nitrogens with zero attached hydrogens (tertiary/aromatic N) is 3. The Bertz CT molecular complexity index is 656. The summed E-state index contributed by atoms with van der Waals surface area (Å²) in [6.45, 7) is 4.78. The summed E-state index contributed by atoms with van der Waals surface area (Å²) in [4.78, 5) is 23.5. The third-order valence-electron chi connectivity index (χ3n) is 4.32. The average Bonchev–Trinajstić information content (AvgIpc) is 3.07. The molecule has 6 nitrogen and oxygen atoms in total. The van der Waals surface area contributed by atoms with Crippen LogP contribution in [0.2, 0.25) is 0 Å². The SMILES string of the molecule is COc1ccccc1[C@@H]1CN(Cc2cnc[nH]2)CCN1C(C)=O. The van der Waals surface area contributed by atoms with E-state index < -0.39 is 0 Å². The molecule has 0 radical (unpaired) electrons. The molecule has 1 aliphatic rings. The number of aromatic nitrogens is 2. The third-order valence-corrected chi connectivity index (χ3v) is 4.32. The molecule has 0 saturated carbocycles. The van der Waals surface area contributed by atoms with Gasteiger partial charge in [-0.25, -0.2) is 4.98 Å². The standard InChI is InChI=1S/C17H22N4O2/c1-13(22)21-8-7-20(10-14-9-18-12-19-14)11-16(21)15-5-3-4-6-17(15)23-2/h3-6,9,12,16H,7-8,10-11H2,1-2H3,(H,18,19)/t16-/m0/s1. The highest BCUT2D eigenvalue weighted by Crippen LogP contribution is 2.32. The van der Waals surface area contributed by atoms with Crippen molar-refractivity contribution in [3.63, 3.8) is 0 Å². The van der Waals surface area contributed by atoms with Gasteiger partial charge in [-0.05, 0) is 6.07 Å². The van der Waals surface area contributed by atoms with Crippen LogP contribution in [0.1, 0.15) is 24.2 Å². The van der Waals surface area contributed by atoms with Crippen molar-refractivity contribution in [1.29, 1.82) is 0 Å². The zero-order valence-corrected chi connectivity index (χ0v) is 13.5. The molecule has 1 saturated heterocycles. The Balaban J connectivity index is 1.84. The van der Waals surface area contributed by atoms with Crippen molar-refractivity contribution in [3.05, 3.63) is 48.0 Å². The van der Waals surface area contributed by atoms with Gasteiger partial charge in [-0.3, -0.25) is 9.69 Å². The molecule has 23 heavy (non-hydrogen) atoms. The summed E-state index contributed by atoms with van der Waals surface area (Å²) in [7, 11) is 1.67. The first-order valence-corrected chi connectivity index (χ1v) is 7.78. The molecule has 1 aromatic heterocycles. The number of imidazole rings is 1. The first-order chi connectivity index (χ1) is 11.2. The topological polar surface area (TPSA) is 61.5 Å². The molecular formula is C17H22N4O2. The van der Waals surface area contributed by atoms with E-state index in [0.29, 0.717) is 6.54 Å². The van der Waals surface area contributed by atoms with E-state index in [-0.39, 0.29) is 11.9 Å². The second-order valence-corrected chi connectivity index (χ2v) is 5.78. The quantitative estimate of drug-likeness (QED) is 0.935. The van der Waals surface area contributed by atoms with E-state index in [1.165, 1.54) is 0 Å². The molecular weight excluding hydrogens is 292 g/mol. The van der Waals surface area contributed by atoms with Gasteiger partial charge in [-0.1, -0.05) is 18.2 Å². The first kappa shape index (κ1) is 15.6. The average molecular weight is 314 g/mol. The number of aromatic amines is 1. The molecule has 1 N–H and O–H groups in total. The Labute approximate surface area is 136 Å². The number of rotatable bonds is 4. The monoisotopic (exact) mass is 314 g/mol. The van der Waals surface area contributed by atoms with Crippen LogP contribution in [0.5, 0.6) is 5.75 Å². The minimum Gasteiger partial charge on any atom is -0.496 e. The second kappa shape index (κ2) is 6.83. The van der Waals surface area contributed by atoms with Gasteiger partial charge in [0.1, 0.15) is 5.75 Å². The molecule has 0 spiro atoms. The Morgan fingerprint density at radius 1 is 1.39 bits per heavy atom. The number of hydrogen-bond acceptors (Lipinski definition) is 4. The van der Waals surface area contributed by atoms with Gasteiger partial charge in [0, 0.05) is 50.6 Å². The van der Waals surface area contributed by atoms with Crippen molar-refractivity contribution in [2.45, 2.75) is 19.5 Å². The number of carbonyl (C=O) groups excluding carboxylic acids is 1. The highest BCUT2D eigenvalue weighted by atomic mass is 16.5. The van der Waals surface area contributed by atoms with Crippen LogP contribution in [0, 0.1) is 0 Å². The van der Waals surface area contributed by atoms with Gasteiger partial charge in [-0.15, -0.1) is 0 Å². The molecule has 1 atom stereocenters. The Morgan fingerprint density at radius 2 is 2.22 bits per heavy atom. The van der Waals surface area contributed by atoms with E-state index in [2.05, 4.69) is 14.9 Å². The molecule has 0 unspecified atom stereocenters. The minimum atomic E-state index is 0.000298. The summed E-state index contributed by atoms with van der Waals surface area (Å²) in [5.41, 5.74) is 2.14. The third kappa shape index (κ3) is 3.37. The van der Waals surface area contributed by atoms with Crippen molar-refractivity contribution in [2.75, 3.05) is 26.7 Å². The fraction of sp³-hybridized carbons (Fsp3) is 0.412. The van der Waals surface area contributed by atoms with Crippen LogP contribution in [-0.2, 0) is 11.3 Å². The molecule has 1 aromatic carbocycles. The number of piperazine rings is 1. The highest BCUT2D eigenvalue weighted by Gasteiger charge is 2.31. The van der Waals surface area contributed by atoms with Crippen molar-refractivity contribution >= 4 is 5.91 Å². The number of carbonyl (C=O) groups is 1. The number of hydrogen-bond donors (Lipinski definition) is 1. The highest BCUT2D eigenvalue weighted by molar-refractivity contribution is 5.74. The van der Waals surface area contributed by atoms with Gasteiger partial charge in [0.15, 0.2) is 0 Å². The maximum atomic E-state index is 12.1. The molecule has 2 aromatic rings. The van der Waals surface area contributed by atoms with Gasteiger partial charge in [-0.2, -0.15) is 0 Å². The lowest BCUT2D eigenvalue weighted by molar-refractivity contribution is -0.134. The number of H-pyrrole nitrogens is 1. The zero-order chi connectivity index (χ0) is 16.2. The number of nitrogens with one attached hydrogen (secondary N) is 1. The van der Waals surface area contributed by atoms with E-state index in [1.54, 1.807) is 20.4 Å². The molecule has 0 bridgehead atoms. The Kier molecular flexibility index (Phi) is 4.62. The summed E-state index contributed by atoms with van der Waals surface area (Å²) in [5, 5.41) is 0. The fourth-order valence-corrected chi connectivity index (χ4v) is 3.18. The van der Waals surface area contributed by atoms with Crippen LogP contribution >= 0.6 is 0 Å². The van der Waals surface area contributed by atoms with Gasteiger partial charge in [0.05, 0.1) is 19.5 Å². The van der Waals surface area contributed by atoms with Crippen LogP contribution in [0.4, 0.5) is 0 Å². The van der Waals surface area contributed by atoms with Crippen LogP contribution in [0.3, 0.4) is 0 Å². The van der Waals surface area contributed by atoms with Gasteiger partial charge < -0.3 is 14.6 Å². The Hall–Kier alpha value is -2.34. The summed E-state index contributed by atoms with van der Waals surface area (Å²) in [5.74, 6) is 0.925. The van der Waals surface area contributed by atoms with Crippen molar-refractivity contribution < 1.29 is 9.53 Å². The molecule has 122 valence electrons. The molecule has 1 aliphatic heterocycles. The fourth-order valence-electron chi connectivity index (χ4n) is 3.18. The van der Waals surface area contributed by atoms with Gasteiger partial charge >= 0.3 is 0 Å². The van der Waals surface area contributed by atoms with Crippen molar-refractivity contribution in [3.8, 4) is 5.75 Å². The van der Waals surface area contributed by atoms with Gasteiger partial charge in [0.25, 0.3) is 0 Å². The van der Waals surface area contributed by atoms with Crippen LogP contribution < -0.4 is 4.74 Å². The summed E-state index contributed by atoms with van der Waals surface area (Å²) >= 11 is 0. The summed E-state index contributed by atoms with van der Waals surface area (Å²) in [6.07, 6.45) is 3.54. The lowest BCUT2D eigenvalue weighted by Gasteiger charge is -2.41. The second-order valence-electron chi connectivity index (χ2n) is 5.78. The predicted octanol–water partition coefficient (Wildman–Crippen LogP) is 1.82. The largest absolute Gasteiger partial charge is 0.496 e. The van der Waals surface area contributed by atoms with E-state index >= 15 is 0 Å². The number of para-hydroxylation sites is 1. The number of benzene rings is 1. The summed E-state index contributed by atoms with van der Waals surface area (Å²) in [6, 6.07) is 7.93. The van der Waals surface area contributed by atoms with Crippen molar-refractivity contribution in [1.82, 2.24) is 19.8 Å². The number of methoxy groups -OCH3 is 1. The molecule has 6 heteroatoms. The molecule has 2 heterocycles. The predicted molar refractivity (Wildman–Crippen MR) is 87.0 cm³/mol. The maximum Gasteiger partial charge on any atom is 0.220 e. The minimum absolute atomic E-state index is 0.000298. The summed E-state index contributed by atoms with van der Waals surface area (Å²) < 4.78 is 5.50. The van der Waals surface area contributed by atoms with Gasteiger partial charge in [0.2, 0.25) is 5.91 Å². The van der Waals surface area contributed by atoms with E-state index in [0.717, 1.165) is 36.6 Å². The Morgan fingerprint density at radius 3 is 2.91 bits per heavy atom. The van der Waals surface area contributed by atoms with Crippen LogP contribution in [-0.4, -0.2) is 52.4 Å². The van der Waals surface area contributed by atoms with Crippen LogP contribution in [0.25, 0.3) is 0 Å².